The highest BCUT2D eigenvalue weighted by Gasteiger charge is 2.41. The fourth-order valence-corrected chi connectivity index (χ4v) is 3.37. The van der Waals surface area contributed by atoms with Gasteiger partial charge in [0.05, 0.1) is 11.7 Å². The molecular weight excluding hydrogens is 212 g/mol. The van der Waals surface area contributed by atoms with Gasteiger partial charge in [0.1, 0.15) is 5.78 Å². The fraction of sp³-hybridized carbons (Fsp3) is 0.933. The van der Waals surface area contributed by atoms with E-state index in [0.717, 1.165) is 19.3 Å². The first kappa shape index (κ1) is 13.1. The third-order valence-corrected chi connectivity index (χ3v) is 4.23. The molecule has 2 rings (SSSR count). The molecule has 1 atom stereocenters. The Morgan fingerprint density at radius 2 is 2.00 bits per heavy atom. The van der Waals surface area contributed by atoms with Crippen LogP contribution >= 0.6 is 0 Å². The van der Waals surface area contributed by atoms with Crippen molar-refractivity contribution >= 4 is 5.78 Å². The van der Waals surface area contributed by atoms with Crippen molar-refractivity contribution < 1.29 is 9.53 Å². The molecule has 1 saturated heterocycles. The van der Waals surface area contributed by atoms with E-state index in [9.17, 15) is 4.79 Å². The van der Waals surface area contributed by atoms with Crippen LogP contribution in [0.25, 0.3) is 0 Å². The summed E-state index contributed by atoms with van der Waals surface area (Å²) in [6.07, 6.45) is 10.4. The second kappa shape index (κ2) is 5.51. The van der Waals surface area contributed by atoms with Crippen molar-refractivity contribution in [3.63, 3.8) is 0 Å². The minimum atomic E-state index is 0.228. The molecule has 0 amide bonds. The molecule has 0 aromatic heterocycles. The van der Waals surface area contributed by atoms with Gasteiger partial charge in [0, 0.05) is 12.8 Å². The summed E-state index contributed by atoms with van der Waals surface area (Å²) in [4.78, 5) is 11.7. The van der Waals surface area contributed by atoms with Crippen LogP contribution in [-0.4, -0.2) is 17.5 Å². The normalized spacial score (nSPS) is 27.1. The Labute approximate surface area is 105 Å². The van der Waals surface area contributed by atoms with Crippen molar-refractivity contribution in [1.29, 1.82) is 0 Å². The Bertz CT molecular complexity index is 264. The standard InChI is InChI=1S/C15H26O2/c1-12(2)11-13(16)5-6-14-7-10-15(17-14)8-3-4-9-15/h12,14H,3-11H2,1-2H3. The summed E-state index contributed by atoms with van der Waals surface area (Å²) in [5.74, 6) is 0.907. The number of ether oxygens (including phenoxy) is 1. The smallest absolute Gasteiger partial charge is 0.133 e. The lowest BCUT2D eigenvalue weighted by Gasteiger charge is -2.23. The molecule has 1 aliphatic carbocycles. The zero-order valence-electron chi connectivity index (χ0n) is 11.3. The molecule has 0 aromatic carbocycles. The summed E-state index contributed by atoms with van der Waals surface area (Å²) >= 11 is 0. The van der Waals surface area contributed by atoms with Gasteiger partial charge in [-0.1, -0.05) is 26.7 Å². The van der Waals surface area contributed by atoms with Crippen LogP contribution < -0.4 is 0 Å². The number of carbonyl (C=O) groups is 1. The van der Waals surface area contributed by atoms with Gasteiger partial charge in [0.15, 0.2) is 0 Å². The van der Waals surface area contributed by atoms with Crippen LogP contribution in [0.4, 0.5) is 0 Å². The Kier molecular flexibility index (Phi) is 4.24. The van der Waals surface area contributed by atoms with Crippen LogP contribution in [0.2, 0.25) is 0 Å². The molecule has 0 aromatic rings. The van der Waals surface area contributed by atoms with E-state index in [4.69, 9.17) is 4.74 Å². The first-order valence-corrected chi connectivity index (χ1v) is 7.29. The lowest BCUT2D eigenvalue weighted by Crippen LogP contribution is -2.25. The molecule has 1 heterocycles. The van der Waals surface area contributed by atoms with Crippen molar-refractivity contribution in [2.75, 3.05) is 0 Å². The number of hydrogen-bond acceptors (Lipinski definition) is 2. The molecule has 1 aliphatic heterocycles. The van der Waals surface area contributed by atoms with E-state index >= 15 is 0 Å². The lowest BCUT2D eigenvalue weighted by molar-refractivity contribution is -0.121. The largest absolute Gasteiger partial charge is 0.372 e. The lowest BCUT2D eigenvalue weighted by atomic mass is 9.97. The molecule has 1 saturated carbocycles. The average molecular weight is 238 g/mol. The minimum absolute atomic E-state index is 0.228. The van der Waals surface area contributed by atoms with Gasteiger partial charge in [-0.15, -0.1) is 0 Å². The maximum atomic E-state index is 11.7. The Hall–Kier alpha value is -0.370. The number of rotatable bonds is 5. The van der Waals surface area contributed by atoms with E-state index in [1.54, 1.807) is 0 Å². The summed E-state index contributed by atoms with van der Waals surface area (Å²) < 4.78 is 6.21. The molecule has 0 radical (unpaired) electrons. The van der Waals surface area contributed by atoms with Gasteiger partial charge < -0.3 is 4.74 Å². The molecule has 0 N–H and O–H groups in total. The average Bonchev–Trinajstić information content (AvgIpc) is 2.86. The molecule has 2 fully saturated rings. The topological polar surface area (TPSA) is 26.3 Å². The van der Waals surface area contributed by atoms with E-state index in [-0.39, 0.29) is 5.60 Å². The molecule has 1 unspecified atom stereocenters. The zero-order chi connectivity index (χ0) is 12.3. The second-order valence-corrected chi connectivity index (χ2v) is 6.34. The van der Waals surface area contributed by atoms with Crippen LogP contribution in [0.15, 0.2) is 0 Å². The number of carbonyl (C=O) groups excluding carboxylic acids is 1. The van der Waals surface area contributed by atoms with Gasteiger partial charge in [0.25, 0.3) is 0 Å². The van der Waals surface area contributed by atoms with Gasteiger partial charge in [-0.25, -0.2) is 0 Å². The maximum absolute atomic E-state index is 11.7. The highest BCUT2D eigenvalue weighted by atomic mass is 16.5. The van der Waals surface area contributed by atoms with Crippen LogP contribution in [0.1, 0.15) is 71.6 Å². The molecule has 98 valence electrons. The van der Waals surface area contributed by atoms with Crippen molar-refractivity contribution in [2.24, 2.45) is 5.92 Å². The second-order valence-electron chi connectivity index (χ2n) is 6.34. The fourth-order valence-electron chi connectivity index (χ4n) is 3.37. The van der Waals surface area contributed by atoms with Crippen molar-refractivity contribution in [1.82, 2.24) is 0 Å². The number of hydrogen-bond donors (Lipinski definition) is 0. The quantitative estimate of drug-likeness (QED) is 0.726. The summed E-state index contributed by atoms with van der Waals surface area (Å²) in [6, 6.07) is 0. The monoisotopic (exact) mass is 238 g/mol. The highest BCUT2D eigenvalue weighted by molar-refractivity contribution is 5.78. The SMILES string of the molecule is CC(C)CC(=O)CCC1CCC2(CCCC2)O1. The molecule has 0 bridgehead atoms. The van der Waals surface area contributed by atoms with E-state index in [1.165, 1.54) is 38.5 Å². The van der Waals surface area contributed by atoms with Gasteiger partial charge in [-0.05, 0) is 38.0 Å². The summed E-state index contributed by atoms with van der Waals surface area (Å²) in [5.41, 5.74) is 0.228. The zero-order valence-corrected chi connectivity index (χ0v) is 11.3. The Balaban J connectivity index is 1.69. The first-order chi connectivity index (χ1) is 8.10. The van der Waals surface area contributed by atoms with E-state index < -0.39 is 0 Å². The molecule has 2 aliphatic rings. The third-order valence-electron chi connectivity index (χ3n) is 4.23. The van der Waals surface area contributed by atoms with Crippen LogP contribution in [0, 0.1) is 5.92 Å². The van der Waals surface area contributed by atoms with E-state index in [2.05, 4.69) is 13.8 Å². The number of Topliss-reactive ketones (excluding diaryl/α,β-unsaturated/α-hetero) is 1. The minimum Gasteiger partial charge on any atom is -0.372 e. The predicted octanol–water partition coefficient (Wildman–Crippen LogP) is 3.87. The third kappa shape index (κ3) is 3.54. The summed E-state index contributed by atoms with van der Waals surface area (Å²) in [6.45, 7) is 4.22. The van der Waals surface area contributed by atoms with Crippen molar-refractivity contribution in [2.45, 2.75) is 83.3 Å². The predicted molar refractivity (Wildman–Crippen MR) is 69.0 cm³/mol. The Morgan fingerprint density at radius 3 is 2.65 bits per heavy atom. The van der Waals surface area contributed by atoms with Gasteiger partial charge in [-0.2, -0.15) is 0 Å². The number of ketones is 1. The van der Waals surface area contributed by atoms with E-state index in [1.807, 2.05) is 0 Å². The molecule has 1 spiro atoms. The maximum Gasteiger partial charge on any atom is 0.133 e. The molecule has 17 heavy (non-hydrogen) atoms. The molecule has 2 heteroatoms. The van der Waals surface area contributed by atoms with Crippen LogP contribution in [0.3, 0.4) is 0 Å². The molecular formula is C15H26O2. The van der Waals surface area contributed by atoms with Gasteiger partial charge in [0.2, 0.25) is 0 Å². The van der Waals surface area contributed by atoms with Crippen LogP contribution in [0.5, 0.6) is 0 Å². The molecule has 2 nitrogen and oxygen atoms in total. The first-order valence-electron chi connectivity index (χ1n) is 7.29. The van der Waals surface area contributed by atoms with Gasteiger partial charge >= 0.3 is 0 Å². The summed E-state index contributed by atoms with van der Waals surface area (Å²) in [5, 5.41) is 0. The van der Waals surface area contributed by atoms with Gasteiger partial charge in [-0.3, -0.25) is 4.79 Å². The summed E-state index contributed by atoms with van der Waals surface area (Å²) in [7, 11) is 0. The van der Waals surface area contributed by atoms with Crippen molar-refractivity contribution in [3.05, 3.63) is 0 Å². The highest BCUT2D eigenvalue weighted by Crippen LogP contribution is 2.44. The van der Waals surface area contributed by atoms with Crippen molar-refractivity contribution in [3.8, 4) is 0 Å². The Morgan fingerprint density at radius 1 is 1.29 bits per heavy atom. The van der Waals surface area contributed by atoms with Crippen LogP contribution in [-0.2, 0) is 9.53 Å². The van der Waals surface area contributed by atoms with E-state index in [0.29, 0.717) is 17.8 Å².